The molecule has 0 unspecified atom stereocenters. The summed E-state index contributed by atoms with van der Waals surface area (Å²) in [6, 6.07) is 8.54. The minimum absolute atomic E-state index is 0.185. The van der Waals surface area contributed by atoms with E-state index in [0.29, 0.717) is 0 Å². The first-order valence-electron chi connectivity index (χ1n) is 5.63. The number of nitrogens with one attached hydrogen (secondary N) is 1. The maximum atomic E-state index is 4.32. The summed E-state index contributed by atoms with van der Waals surface area (Å²) < 4.78 is 8.52. The summed E-state index contributed by atoms with van der Waals surface area (Å²) in [4.78, 5) is 0. The quantitative estimate of drug-likeness (QED) is 0.882. The number of anilines is 1. The van der Waals surface area contributed by atoms with Crippen molar-refractivity contribution in [3.63, 3.8) is 0 Å². The predicted octanol–water partition coefficient (Wildman–Crippen LogP) is 3.54. The molecule has 0 aliphatic carbocycles. The van der Waals surface area contributed by atoms with Crippen molar-refractivity contribution in [2.75, 3.05) is 12.4 Å². The van der Waals surface area contributed by atoms with Crippen molar-refractivity contribution in [2.24, 2.45) is 0 Å². The lowest BCUT2D eigenvalue weighted by Gasteiger charge is -2.18. The fourth-order valence-electron chi connectivity index (χ4n) is 1.67. The normalized spacial score (nSPS) is 11.5. The molecule has 0 amide bonds. The molecule has 3 nitrogen and oxygen atoms in total. The van der Waals surface area contributed by atoms with Crippen LogP contribution in [0.2, 0.25) is 0 Å². The molecule has 17 heavy (non-hydrogen) atoms. The van der Waals surface area contributed by atoms with Crippen LogP contribution in [0.5, 0.6) is 0 Å². The second-order valence-electron chi connectivity index (χ2n) is 5.04. The summed E-state index contributed by atoms with van der Waals surface area (Å²) in [6.45, 7) is 6.64. The van der Waals surface area contributed by atoms with Crippen LogP contribution >= 0.6 is 11.7 Å². The zero-order chi connectivity index (χ0) is 12.5. The van der Waals surface area contributed by atoms with Crippen LogP contribution in [0.15, 0.2) is 24.3 Å². The summed E-state index contributed by atoms with van der Waals surface area (Å²) in [5.74, 6) is 0.846. The second-order valence-corrected chi connectivity index (χ2v) is 5.57. The number of nitrogens with zero attached hydrogens (tertiary/aromatic N) is 2. The van der Waals surface area contributed by atoms with Crippen LogP contribution in [0, 0.1) is 0 Å². The van der Waals surface area contributed by atoms with Crippen molar-refractivity contribution in [1.29, 1.82) is 0 Å². The molecule has 1 aromatic carbocycles. The van der Waals surface area contributed by atoms with E-state index in [1.54, 1.807) is 0 Å². The van der Waals surface area contributed by atoms with Gasteiger partial charge in [-0.1, -0.05) is 45.0 Å². The van der Waals surface area contributed by atoms with Crippen LogP contribution in [0.4, 0.5) is 5.82 Å². The Hall–Kier alpha value is -1.42. The number of aromatic nitrogens is 2. The first-order valence-corrected chi connectivity index (χ1v) is 6.36. The standard InChI is InChI=1S/C13H17N3S/c1-13(2,3)10-7-5-9(6-8-10)11-12(14-4)16-17-15-11/h5-8H,1-4H3,(H,14,16). The monoisotopic (exact) mass is 247 g/mol. The van der Waals surface area contributed by atoms with E-state index in [2.05, 4.69) is 59.1 Å². The van der Waals surface area contributed by atoms with Gasteiger partial charge in [0.15, 0.2) is 5.82 Å². The molecule has 1 heterocycles. The van der Waals surface area contributed by atoms with Gasteiger partial charge in [-0.05, 0) is 11.0 Å². The van der Waals surface area contributed by atoms with Crippen LogP contribution in [0.25, 0.3) is 11.3 Å². The van der Waals surface area contributed by atoms with Crippen molar-refractivity contribution in [2.45, 2.75) is 26.2 Å². The Labute approximate surface area is 106 Å². The zero-order valence-corrected chi connectivity index (χ0v) is 11.4. The van der Waals surface area contributed by atoms with Crippen LogP contribution in [-0.2, 0) is 5.41 Å². The van der Waals surface area contributed by atoms with Gasteiger partial charge in [0.2, 0.25) is 0 Å². The van der Waals surface area contributed by atoms with Gasteiger partial charge < -0.3 is 5.32 Å². The average molecular weight is 247 g/mol. The van der Waals surface area contributed by atoms with Gasteiger partial charge in [0.05, 0.1) is 11.7 Å². The lowest BCUT2D eigenvalue weighted by Crippen LogP contribution is -2.10. The maximum Gasteiger partial charge on any atom is 0.167 e. The summed E-state index contributed by atoms with van der Waals surface area (Å²) >= 11 is 1.23. The van der Waals surface area contributed by atoms with E-state index in [1.165, 1.54) is 17.3 Å². The van der Waals surface area contributed by atoms with Crippen molar-refractivity contribution < 1.29 is 0 Å². The molecular weight excluding hydrogens is 230 g/mol. The molecule has 0 fully saturated rings. The first kappa shape index (κ1) is 12.0. The lowest BCUT2D eigenvalue weighted by atomic mass is 9.86. The molecule has 0 saturated heterocycles. The number of hydrogen-bond acceptors (Lipinski definition) is 4. The van der Waals surface area contributed by atoms with Crippen molar-refractivity contribution in [3.8, 4) is 11.3 Å². The van der Waals surface area contributed by atoms with Crippen molar-refractivity contribution in [1.82, 2.24) is 8.75 Å². The van der Waals surface area contributed by atoms with E-state index >= 15 is 0 Å². The van der Waals surface area contributed by atoms with Gasteiger partial charge in [-0.2, -0.15) is 8.75 Å². The predicted molar refractivity (Wildman–Crippen MR) is 73.6 cm³/mol. The SMILES string of the molecule is CNc1nsnc1-c1ccc(C(C)(C)C)cc1. The first-order chi connectivity index (χ1) is 8.02. The van der Waals surface area contributed by atoms with Gasteiger partial charge in [-0.15, -0.1) is 0 Å². The van der Waals surface area contributed by atoms with Gasteiger partial charge in [0, 0.05) is 12.6 Å². The molecule has 90 valence electrons. The van der Waals surface area contributed by atoms with E-state index in [4.69, 9.17) is 0 Å². The van der Waals surface area contributed by atoms with Gasteiger partial charge in [-0.3, -0.25) is 0 Å². The fourth-order valence-corrected chi connectivity index (χ4v) is 2.24. The fraction of sp³-hybridized carbons (Fsp3) is 0.385. The third kappa shape index (κ3) is 2.47. The highest BCUT2D eigenvalue weighted by atomic mass is 32.1. The number of hydrogen-bond donors (Lipinski definition) is 1. The van der Waals surface area contributed by atoms with E-state index < -0.39 is 0 Å². The lowest BCUT2D eigenvalue weighted by molar-refractivity contribution is 0.590. The highest BCUT2D eigenvalue weighted by Gasteiger charge is 2.14. The molecule has 0 aliphatic heterocycles. The summed E-state index contributed by atoms with van der Waals surface area (Å²) in [5, 5.41) is 3.06. The Balaban J connectivity index is 2.36. The Morgan fingerprint density at radius 1 is 1.06 bits per heavy atom. The molecular formula is C13H17N3S. The van der Waals surface area contributed by atoms with Gasteiger partial charge in [0.1, 0.15) is 5.69 Å². The Morgan fingerprint density at radius 2 is 1.71 bits per heavy atom. The third-order valence-electron chi connectivity index (χ3n) is 2.75. The molecule has 0 spiro atoms. The van der Waals surface area contributed by atoms with E-state index in [-0.39, 0.29) is 5.41 Å². The Morgan fingerprint density at radius 3 is 2.24 bits per heavy atom. The zero-order valence-electron chi connectivity index (χ0n) is 10.6. The Kier molecular flexibility index (Phi) is 3.15. The number of benzene rings is 1. The van der Waals surface area contributed by atoms with Crippen LogP contribution in [-0.4, -0.2) is 15.8 Å². The van der Waals surface area contributed by atoms with E-state index in [1.807, 2.05) is 7.05 Å². The molecule has 2 aromatic rings. The van der Waals surface area contributed by atoms with Crippen LogP contribution < -0.4 is 5.32 Å². The summed E-state index contributed by atoms with van der Waals surface area (Å²) in [7, 11) is 1.86. The van der Waals surface area contributed by atoms with Gasteiger partial charge in [0.25, 0.3) is 0 Å². The van der Waals surface area contributed by atoms with Crippen molar-refractivity contribution >= 4 is 17.5 Å². The molecule has 2 rings (SSSR count). The smallest absolute Gasteiger partial charge is 0.167 e. The molecule has 0 saturated carbocycles. The van der Waals surface area contributed by atoms with Crippen molar-refractivity contribution in [3.05, 3.63) is 29.8 Å². The minimum atomic E-state index is 0.185. The molecule has 1 N–H and O–H groups in total. The van der Waals surface area contributed by atoms with E-state index in [9.17, 15) is 0 Å². The summed E-state index contributed by atoms with van der Waals surface area (Å²) in [5.41, 5.74) is 3.55. The molecule has 0 aliphatic rings. The second kappa shape index (κ2) is 4.45. The summed E-state index contributed by atoms with van der Waals surface area (Å²) in [6.07, 6.45) is 0. The van der Waals surface area contributed by atoms with Gasteiger partial charge >= 0.3 is 0 Å². The molecule has 4 heteroatoms. The highest BCUT2D eigenvalue weighted by Crippen LogP contribution is 2.28. The maximum absolute atomic E-state index is 4.32. The average Bonchev–Trinajstić information content (AvgIpc) is 2.76. The van der Waals surface area contributed by atoms with E-state index in [0.717, 1.165) is 17.1 Å². The topological polar surface area (TPSA) is 37.8 Å². The van der Waals surface area contributed by atoms with Crippen LogP contribution in [0.3, 0.4) is 0 Å². The number of rotatable bonds is 2. The molecule has 1 aromatic heterocycles. The molecule has 0 radical (unpaired) electrons. The minimum Gasteiger partial charge on any atom is -0.370 e. The molecule has 0 bridgehead atoms. The largest absolute Gasteiger partial charge is 0.370 e. The Bertz CT molecular complexity index is 494. The third-order valence-corrected chi connectivity index (χ3v) is 3.28. The highest BCUT2D eigenvalue weighted by molar-refractivity contribution is 6.99. The van der Waals surface area contributed by atoms with Crippen LogP contribution in [0.1, 0.15) is 26.3 Å². The van der Waals surface area contributed by atoms with Gasteiger partial charge in [-0.25, -0.2) is 0 Å². The molecule has 0 atom stereocenters.